The van der Waals surface area contributed by atoms with Crippen molar-refractivity contribution in [3.05, 3.63) is 29.6 Å². The Bertz CT molecular complexity index is 520. The minimum atomic E-state index is -0.184. The third-order valence-corrected chi connectivity index (χ3v) is 4.36. The van der Waals surface area contributed by atoms with Crippen molar-refractivity contribution >= 4 is 11.6 Å². The number of benzene rings is 1. The number of carbonyl (C=O) groups is 1. The molecule has 2 unspecified atom stereocenters. The second kappa shape index (κ2) is 5.40. The van der Waals surface area contributed by atoms with Gasteiger partial charge in [-0.05, 0) is 32.0 Å². The van der Waals surface area contributed by atoms with Gasteiger partial charge in [0, 0.05) is 30.9 Å². The van der Waals surface area contributed by atoms with Gasteiger partial charge in [-0.1, -0.05) is 6.07 Å². The number of amides is 1. The van der Waals surface area contributed by atoms with Crippen molar-refractivity contribution in [2.45, 2.75) is 25.4 Å². The van der Waals surface area contributed by atoms with Crippen LogP contribution in [0.2, 0.25) is 0 Å². The predicted octanol–water partition coefficient (Wildman–Crippen LogP) is 1.26. The van der Waals surface area contributed by atoms with Crippen molar-refractivity contribution in [3.8, 4) is 0 Å². The zero-order valence-corrected chi connectivity index (χ0v) is 11.7. The van der Waals surface area contributed by atoms with E-state index >= 15 is 0 Å². The molecule has 5 heteroatoms. The molecule has 1 aromatic carbocycles. The number of nitrogens with zero attached hydrogens (tertiary/aromatic N) is 1. The molecule has 20 heavy (non-hydrogen) atoms. The second-order valence-electron chi connectivity index (χ2n) is 5.52. The van der Waals surface area contributed by atoms with E-state index in [9.17, 15) is 9.18 Å². The summed E-state index contributed by atoms with van der Waals surface area (Å²) in [6, 6.07) is 5.36. The van der Waals surface area contributed by atoms with Gasteiger partial charge >= 0.3 is 0 Å². The highest BCUT2D eigenvalue weighted by molar-refractivity contribution is 5.83. The summed E-state index contributed by atoms with van der Waals surface area (Å²) < 4.78 is 14.1. The first-order valence-corrected chi connectivity index (χ1v) is 7.18. The summed E-state index contributed by atoms with van der Waals surface area (Å²) in [5.74, 6) is 0.0111. The van der Waals surface area contributed by atoms with E-state index in [-0.39, 0.29) is 23.7 Å². The fourth-order valence-corrected chi connectivity index (χ4v) is 3.42. The third kappa shape index (κ3) is 2.16. The molecule has 2 atom stereocenters. The molecule has 0 spiro atoms. The average Bonchev–Trinajstić information content (AvgIpc) is 2.83. The number of hydrogen-bond acceptors (Lipinski definition) is 3. The van der Waals surface area contributed by atoms with E-state index in [1.165, 1.54) is 6.07 Å². The van der Waals surface area contributed by atoms with Crippen LogP contribution in [-0.4, -0.2) is 32.1 Å². The summed E-state index contributed by atoms with van der Waals surface area (Å²) in [5, 5.41) is 5.96. The number of piperidine rings is 1. The van der Waals surface area contributed by atoms with Crippen LogP contribution in [0.15, 0.2) is 18.2 Å². The van der Waals surface area contributed by atoms with E-state index in [1.54, 1.807) is 6.07 Å². The van der Waals surface area contributed by atoms with E-state index in [2.05, 4.69) is 15.5 Å². The first-order chi connectivity index (χ1) is 9.72. The smallest absolute Gasteiger partial charge is 0.225 e. The summed E-state index contributed by atoms with van der Waals surface area (Å²) in [7, 11) is 1.82. The van der Waals surface area contributed by atoms with E-state index in [0.717, 1.165) is 25.1 Å². The van der Waals surface area contributed by atoms with Crippen LogP contribution < -0.4 is 15.5 Å². The molecular weight excluding hydrogens is 257 g/mol. The van der Waals surface area contributed by atoms with Gasteiger partial charge in [0.25, 0.3) is 0 Å². The normalized spacial score (nSPS) is 25.5. The molecule has 0 aromatic heterocycles. The number of nitrogens with one attached hydrogen (secondary N) is 2. The highest BCUT2D eigenvalue weighted by Crippen LogP contribution is 2.34. The Morgan fingerprint density at radius 1 is 1.50 bits per heavy atom. The van der Waals surface area contributed by atoms with Gasteiger partial charge in [-0.3, -0.25) is 4.79 Å². The van der Waals surface area contributed by atoms with Crippen LogP contribution >= 0.6 is 0 Å². The van der Waals surface area contributed by atoms with Gasteiger partial charge in [0.05, 0.1) is 12.0 Å². The van der Waals surface area contributed by atoms with Crippen molar-refractivity contribution in [2.75, 3.05) is 25.0 Å². The maximum Gasteiger partial charge on any atom is 0.225 e. The van der Waals surface area contributed by atoms with Gasteiger partial charge in [-0.2, -0.15) is 0 Å². The number of fused-ring (bicyclic) bond motifs is 1. The zero-order valence-electron chi connectivity index (χ0n) is 11.7. The summed E-state index contributed by atoms with van der Waals surface area (Å²) in [6.45, 7) is 2.05. The highest BCUT2D eigenvalue weighted by Gasteiger charge is 2.41. The Kier molecular flexibility index (Phi) is 3.61. The lowest BCUT2D eigenvalue weighted by Crippen LogP contribution is -2.46. The quantitative estimate of drug-likeness (QED) is 0.874. The fraction of sp³-hybridized carbons (Fsp3) is 0.533. The molecule has 2 aliphatic rings. The number of halogens is 1. The van der Waals surface area contributed by atoms with Crippen molar-refractivity contribution in [3.63, 3.8) is 0 Å². The molecule has 1 aromatic rings. The first kappa shape index (κ1) is 13.4. The molecular formula is C15H20FN3O. The molecule has 2 saturated heterocycles. The second-order valence-corrected chi connectivity index (χ2v) is 5.52. The maximum absolute atomic E-state index is 14.1. The molecule has 1 amide bonds. The number of carbonyl (C=O) groups excluding carboxylic acids is 1. The van der Waals surface area contributed by atoms with Gasteiger partial charge in [0.15, 0.2) is 0 Å². The minimum absolute atomic E-state index is 0.0504. The zero-order chi connectivity index (χ0) is 14.1. The van der Waals surface area contributed by atoms with Crippen LogP contribution in [0.5, 0.6) is 0 Å². The SMILES string of the molecule is CNCc1c(F)cccc1N1CCCC2C(=O)NCC21. The number of hydrogen-bond donors (Lipinski definition) is 2. The van der Waals surface area contributed by atoms with Crippen molar-refractivity contribution in [1.29, 1.82) is 0 Å². The minimum Gasteiger partial charge on any atom is -0.366 e. The summed E-state index contributed by atoms with van der Waals surface area (Å²) in [6.07, 6.45) is 1.91. The fourth-order valence-electron chi connectivity index (χ4n) is 3.42. The first-order valence-electron chi connectivity index (χ1n) is 7.18. The summed E-state index contributed by atoms with van der Waals surface area (Å²) in [4.78, 5) is 14.0. The summed E-state index contributed by atoms with van der Waals surface area (Å²) in [5.41, 5.74) is 1.61. The topological polar surface area (TPSA) is 44.4 Å². The predicted molar refractivity (Wildman–Crippen MR) is 76.0 cm³/mol. The van der Waals surface area contributed by atoms with Crippen molar-refractivity contribution < 1.29 is 9.18 Å². The van der Waals surface area contributed by atoms with Crippen LogP contribution in [-0.2, 0) is 11.3 Å². The van der Waals surface area contributed by atoms with Crippen LogP contribution in [0.25, 0.3) is 0 Å². The van der Waals surface area contributed by atoms with Gasteiger partial charge in [0.1, 0.15) is 5.82 Å². The Labute approximate surface area is 118 Å². The van der Waals surface area contributed by atoms with E-state index in [0.29, 0.717) is 18.7 Å². The van der Waals surface area contributed by atoms with E-state index in [4.69, 9.17) is 0 Å². The molecule has 108 valence electrons. The monoisotopic (exact) mass is 277 g/mol. The highest BCUT2D eigenvalue weighted by atomic mass is 19.1. The van der Waals surface area contributed by atoms with Crippen molar-refractivity contribution in [2.24, 2.45) is 5.92 Å². The Hall–Kier alpha value is -1.62. The van der Waals surface area contributed by atoms with Crippen LogP contribution in [0.4, 0.5) is 10.1 Å². The summed E-state index contributed by atoms with van der Waals surface area (Å²) >= 11 is 0. The molecule has 0 radical (unpaired) electrons. The largest absolute Gasteiger partial charge is 0.366 e. The number of rotatable bonds is 3. The standard InChI is InChI=1S/C15H20FN3O/c1-17-8-11-12(16)5-2-6-13(11)19-7-3-4-10-14(19)9-18-15(10)20/h2,5-6,10,14,17H,3-4,7-9H2,1H3,(H,18,20). The molecule has 2 heterocycles. The van der Waals surface area contributed by atoms with Crippen molar-refractivity contribution in [1.82, 2.24) is 10.6 Å². The molecule has 2 N–H and O–H groups in total. The van der Waals surface area contributed by atoms with Crippen LogP contribution in [0.3, 0.4) is 0 Å². The Morgan fingerprint density at radius 3 is 3.15 bits per heavy atom. The van der Waals surface area contributed by atoms with Gasteiger partial charge in [-0.15, -0.1) is 0 Å². The third-order valence-electron chi connectivity index (χ3n) is 4.36. The van der Waals surface area contributed by atoms with Crippen LogP contribution in [0.1, 0.15) is 18.4 Å². The lowest BCUT2D eigenvalue weighted by Gasteiger charge is -2.38. The van der Waals surface area contributed by atoms with E-state index < -0.39 is 0 Å². The lowest BCUT2D eigenvalue weighted by atomic mass is 9.90. The molecule has 2 aliphatic heterocycles. The molecule has 0 saturated carbocycles. The molecule has 0 bridgehead atoms. The Balaban J connectivity index is 1.96. The molecule has 3 rings (SSSR count). The average molecular weight is 277 g/mol. The lowest BCUT2D eigenvalue weighted by molar-refractivity contribution is -0.122. The molecule has 0 aliphatic carbocycles. The number of anilines is 1. The van der Waals surface area contributed by atoms with E-state index in [1.807, 2.05) is 13.1 Å². The molecule has 4 nitrogen and oxygen atoms in total. The van der Waals surface area contributed by atoms with Crippen LogP contribution in [0, 0.1) is 11.7 Å². The van der Waals surface area contributed by atoms with Gasteiger partial charge in [0.2, 0.25) is 5.91 Å². The van der Waals surface area contributed by atoms with Gasteiger partial charge in [-0.25, -0.2) is 4.39 Å². The molecule has 2 fully saturated rings. The maximum atomic E-state index is 14.1. The Morgan fingerprint density at radius 2 is 2.35 bits per heavy atom. The van der Waals surface area contributed by atoms with Gasteiger partial charge < -0.3 is 15.5 Å².